The van der Waals surface area contributed by atoms with Gasteiger partial charge in [0.2, 0.25) is 0 Å². The second kappa shape index (κ2) is 5.81. The van der Waals surface area contributed by atoms with E-state index in [4.69, 9.17) is 11.6 Å². The molecule has 6 heteroatoms. The topological polar surface area (TPSA) is 61.0 Å². The quantitative estimate of drug-likeness (QED) is 0.563. The Morgan fingerprint density at radius 2 is 1.85 bits per heavy atom. The lowest BCUT2D eigenvalue weighted by molar-refractivity contribution is -0.385. The molecule has 1 heterocycles. The van der Waals surface area contributed by atoms with Crippen molar-refractivity contribution in [3.05, 3.63) is 56.9 Å². The summed E-state index contributed by atoms with van der Waals surface area (Å²) >= 11 is 6.61. The second-order valence-corrected chi connectivity index (χ2v) is 9.06. The van der Waals surface area contributed by atoms with Gasteiger partial charge in [0.25, 0.3) is 0 Å². The molecule has 136 valence electrons. The van der Waals surface area contributed by atoms with E-state index in [1.807, 2.05) is 0 Å². The maximum absolute atomic E-state index is 10.8. The Kier molecular flexibility index (Phi) is 3.64. The summed E-state index contributed by atoms with van der Waals surface area (Å²) in [7, 11) is 0. The van der Waals surface area contributed by atoms with E-state index in [0.717, 1.165) is 28.3 Å². The van der Waals surface area contributed by atoms with Crippen LogP contribution in [0.3, 0.4) is 0 Å². The van der Waals surface area contributed by atoms with Gasteiger partial charge in [0.05, 0.1) is 11.5 Å². The van der Waals surface area contributed by atoms with E-state index in [2.05, 4.69) is 23.3 Å². The molecule has 0 amide bonds. The van der Waals surface area contributed by atoms with Gasteiger partial charge in [0.1, 0.15) is 12.4 Å². The molecule has 0 aliphatic heterocycles. The van der Waals surface area contributed by atoms with Gasteiger partial charge >= 0.3 is 5.69 Å². The lowest BCUT2D eigenvalue weighted by atomic mass is 9.48. The van der Waals surface area contributed by atoms with Gasteiger partial charge < -0.3 is 0 Å². The maximum Gasteiger partial charge on any atom is 0.307 e. The number of aromatic nitrogens is 2. The molecule has 4 fully saturated rings. The van der Waals surface area contributed by atoms with E-state index in [-0.39, 0.29) is 5.69 Å². The average molecular weight is 372 g/mol. The predicted molar refractivity (Wildman–Crippen MR) is 99.3 cm³/mol. The minimum absolute atomic E-state index is 0.00584. The molecule has 1 aromatic heterocycles. The minimum atomic E-state index is -0.429. The van der Waals surface area contributed by atoms with Gasteiger partial charge in [-0.15, -0.1) is 0 Å². The van der Waals surface area contributed by atoms with E-state index in [1.54, 1.807) is 4.68 Å². The van der Waals surface area contributed by atoms with Gasteiger partial charge in [-0.1, -0.05) is 23.7 Å². The zero-order valence-electron chi connectivity index (χ0n) is 14.6. The SMILES string of the molecule is O=[N+]([O-])c1cnn(Cc2ccc(C34CC5CC(CC(C5)C3)C4)cc2Cl)c1. The molecule has 4 bridgehead atoms. The van der Waals surface area contributed by atoms with Crippen molar-refractivity contribution >= 4 is 17.3 Å². The third-order valence-electron chi connectivity index (χ3n) is 6.87. The normalized spacial score (nSPS) is 32.1. The van der Waals surface area contributed by atoms with Crippen molar-refractivity contribution in [2.75, 3.05) is 0 Å². The highest BCUT2D eigenvalue weighted by atomic mass is 35.5. The first-order valence-electron chi connectivity index (χ1n) is 9.46. The summed E-state index contributed by atoms with van der Waals surface area (Å²) in [4.78, 5) is 10.4. The van der Waals surface area contributed by atoms with Crippen molar-refractivity contribution < 1.29 is 4.92 Å². The van der Waals surface area contributed by atoms with Gasteiger partial charge in [-0.2, -0.15) is 5.10 Å². The van der Waals surface area contributed by atoms with Gasteiger partial charge in [0.15, 0.2) is 0 Å². The van der Waals surface area contributed by atoms with Crippen LogP contribution in [0.4, 0.5) is 5.69 Å². The van der Waals surface area contributed by atoms with Crippen LogP contribution >= 0.6 is 11.6 Å². The molecule has 0 saturated heterocycles. The summed E-state index contributed by atoms with van der Waals surface area (Å²) in [5, 5.41) is 15.6. The molecule has 6 rings (SSSR count). The van der Waals surface area contributed by atoms with E-state index < -0.39 is 4.92 Å². The first-order chi connectivity index (χ1) is 12.5. The van der Waals surface area contributed by atoms with Gasteiger partial charge in [0, 0.05) is 5.02 Å². The van der Waals surface area contributed by atoms with E-state index in [1.165, 1.54) is 56.5 Å². The number of benzene rings is 1. The summed E-state index contributed by atoms with van der Waals surface area (Å²) in [6.45, 7) is 0.452. The number of hydrogen-bond donors (Lipinski definition) is 0. The first-order valence-corrected chi connectivity index (χ1v) is 9.84. The minimum Gasteiger partial charge on any atom is -0.261 e. The fraction of sp³-hybridized carbons (Fsp3) is 0.550. The summed E-state index contributed by atoms with van der Waals surface area (Å²) in [6.07, 6.45) is 11.0. The van der Waals surface area contributed by atoms with Crippen LogP contribution in [0.15, 0.2) is 30.6 Å². The molecule has 0 N–H and O–H groups in total. The number of hydrogen-bond acceptors (Lipinski definition) is 3. The molecule has 0 atom stereocenters. The van der Waals surface area contributed by atoms with Gasteiger partial charge in [-0.05, 0) is 78.9 Å². The first kappa shape index (κ1) is 16.3. The van der Waals surface area contributed by atoms with Crippen molar-refractivity contribution in [3.63, 3.8) is 0 Å². The molecule has 4 aliphatic rings. The Morgan fingerprint density at radius 3 is 2.38 bits per heavy atom. The molecule has 0 radical (unpaired) electrons. The number of nitrogens with zero attached hydrogens (tertiary/aromatic N) is 3. The molecular weight excluding hydrogens is 350 g/mol. The fourth-order valence-corrected chi connectivity index (χ4v) is 6.42. The molecule has 2 aromatic rings. The maximum atomic E-state index is 10.8. The number of nitro groups is 1. The van der Waals surface area contributed by atoms with E-state index >= 15 is 0 Å². The predicted octanol–water partition coefficient (Wildman–Crippen LogP) is 4.96. The second-order valence-electron chi connectivity index (χ2n) is 8.66. The van der Waals surface area contributed by atoms with E-state index in [9.17, 15) is 10.1 Å². The average Bonchev–Trinajstić information content (AvgIpc) is 3.04. The van der Waals surface area contributed by atoms with Crippen LogP contribution < -0.4 is 0 Å². The molecule has 26 heavy (non-hydrogen) atoms. The molecule has 4 saturated carbocycles. The highest BCUT2D eigenvalue weighted by Crippen LogP contribution is 2.60. The van der Waals surface area contributed by atoms with Crippen molar-refractivity contribution in [1.82, 2.24) is 9.78 Å². The van der Waals surface area contributed by atoms with Gasteiger partial charge in [-0.3, -0.25) is 14.8 Å². The number of halogens is 1. The third-order valence-corrected chi connectivity index (χ3v) is 7.22. The standard InChI is InChI=1S/C20H22ClN3O2/c21-19-6-17(20-7-13-3-14(8-20)5-15(4-13)9-20)2-1-16(19)11-23-12-18(10-22-23)24(25)26/h1-2,6,10,12-15H,3-5,7-9,11H2. The smallest absolute Gasteiger partial charge is 0.261 e. The molecule has 1 aromatic carbocycles. The summed E-state index contributed by atoms with van der Waals surface area (Å²) < 4.78 is 1.57. The number of rotatable bonds is 4. The van der Waals surface area contributed by atoms with Gasteiger partial charge in [-0.25, -0.2) is 0 Å². The largest absolute Gasteiger partial charge is 0.307 e. The zero-order valence-corrected chi connectivity index (χ0v) is 15.4. The lowest BCUT2D eigenvalue weighted by Gasteiger charge is -2.57. The Bertz CT molecular complexity index is 840. The van der Waals surface area contributed by atoms with Crippen LogP contribution in [0.5, 0.6) is 0 Å². The summed E-state index contributed by atoms with van der Waals surface area (Å²) in [6, 6.07) is 6.48. The van der Waals surface area contributed by atoms with Crippen LogP contribution in [0, 0.1) is 27.9 Å². The van der Waals surface area contributed by atoms with Crippen LogP contribution in [-0.4, -0.2) is 14.7 Å². The van der Waals surface area contributed by atoms with Crippen LogP contribution in [0.25, 0.3) is 0 Å². The molecule has 0 spiro atoms. The molecular formula is C20H22ClN3O2. The Balaban J connectivity index is 1.41. The lowest BCUT2D eigenvalue weighted by Crippen LogP contribution is -2.48. The van der Waals surface area contributed by atoms with Crippen molar-refractivity contribution in [2.45, 2.75) is 50.5 Å². The summed E-state index contributed by atoms with van der Waals surface area (Å²) in [5.74, 6) is 2.72. The fourth-order valence-electron chi connectivity index (χ4n) is 6.18. The van der Waals surface area contributed by atoms with Crippen LogP contribution in [0.2, 0.25) is 5.02 Å². The molecule has 5 nitrogen and oxygen atoms in total. The van der Waals surface area contributed by atoms with E-state index in [0.29, 0.717) is 12.0 Å². The van der Waals surface area contributed by atoms with Crippen molar-refractivity contribution in [3.8, 4) is 0 Å². The summed E-state index contributed by atoms with van der Waals surface area (Å²) in [5.41, 5.74) is 2.70. The Hall–Kier alpha value is -1.88. The van der Waals surface area contributed by atoms with Crippen LogP contribution in [-0.2, 0) is 12.0 Å². The highest BCUT2D eigenvalue weighted by molar-refractivity contribution is 6.31. The van der Waals surface area contributed by atoms with Crippen LogP contribution in [0.1, 0.15) is 49.7 Å². The van der Waals surface area contributed by atoms with Crippen molar-refractivity contribution in [1.29, 1.82) is 0 Å². The zero-order chi connectivity index (χ0) is 17.9. The highest BCUT2D eigenvalue weighted by Gasteiger charge is 2.51. The molecule has 0 unspecified atom stereocenters. The molecule has 4 aliphatic carbocycles. The third kappa shape index (κ3) is 2.64. The van der Waals surface area contributed by atoms with Crippen molar-refractivity contribution in [2.24, 2.45) is 17.8 Å². The Morgan fingerprint density at radius 1 is 1.19 bits per heavy atom. The monoisotopic (exact) mass is 371 g/mol. The Labute approximate surface area is 157 Å².